The second kappa shape index (κ2) is 8.18. The average Bonchev–Trinajstić information content (AvgIpc) is 3.48. The zero-order valence-electron chi connectivity index (χ0n) is 17.3. The molecule has 0 radical (unpaired) electrons. The van der Waals surface area contributed by atoms with Crippen molar-refractivity contribution in [3.8, 4) is 11.3 Å². The Bertz CT molecular complexity index is 1210. The van der Waals surface area contributed by atoms with Gasteiger partial charge >= 0.3 is 0 Å². The highest BCUT2D eigenvalue weighted by Gasteiger charge is 2.19. The molecule has 156 valence electrons. The van der Waals surface area contributed by atoms with Crippen molar-refractivity contribution in [1.29, 1.82) is 0 Å². The monoisotopic (exact) mass is 413 g/mol. The molecule has 1 aromatic carbocycles. The largest absolute Gasteiger partial charge is 0.357 e. The molecular formula is C24H23N5O2. The van der Waals surface area contributed by atoms with Gasteiger partial charge in [-0.2, -0.15) is 0 Å². The number of hydrogen-bond acceptors (Lipinski definition) is 6. The Hall–Kier alpha value is -3.74. The van der Waals surface area contributed by atoms with Crippen LogP contribution in [0, 0.1) is 6.92 Å². The van der Waals surface area contributed by atoms with E-state index in [9.17, 15) is 4.79 Å². The van der Waals surface area contributed by atoms with Gasteiger partial charge in [-0.15, -0.1) is 0 Å². The molecule has 0 saturated carbocycles. The molecule has 0 bridgehead atoms. The summed E-state index contributed by atoms with van der Waals surface area (Å²) in [6, 6.07) is 15.6. The van der Waals surface area contributed by atoms with Gasteiger partial charge in [0.2, 0.25) is 0 Å². The molecule has 0 aliphatic carbocycles. The Morgan fingerprint density at radius 2 is 1.94 bits per heavy atom. The number of nitrogens with one attached hydrogen (secondary N) is 1. The minimum atomic E-state index is -0.195. The minimum absolute atomic E-state index is 0.195. The first-order chi connectivity index (χ1) is 15.2. The Morgan fingerprint density at radius 3 is 2.68 bits per heavy atom. The van der Waals surface area contributed by atoms with E-state index in [1.807, 2.05) is 55.6 Å². The van der Waals surface area contributed by atoms with Crippen LogP contribution in [-0.4, -0.2) is 34.1 Å². The lowest BCUT2D eigenvalue weighted by atomic mass is 10.1. The van der Waals surface area contributed by atoms with Gasteiger partial charge in [0.1, 0.15) is 5.82 Å². The maximum Gasteiger partial charge on any atom is 0.259 e. The summed E-state index contributed by atoms with van der Waals surface area (Å²) in [6.45, 7) is 4.32. The first kappa shape index (κ1) is 19.2. The smallest absolute Gasteiger partial charge is 0.259 e. The van der Waals surface area contributed by atoms with Gasteiger partial charge in [0, 0.05) is 31.4 Å². The molecule has 0 atom stereocenters. The summed E-state index contributed by atoms with van der Waals surface area (Å²) in [5, 5.41) is 7.65. The van der Waals surface area contributed by atoms with Crippen LogP contribution in [0.3, 0.4) is 0 Å². The number of carbonyl (C=O) groups is 1. The predicted molar refractivity (Wildman–Crippen MR) is 119 cm³/mol. The molecule has 0 unspecified atom stereocenters. The number of pyridine rings is 2. The Labute approximate surface area is 180 Å². The van der Waals surface area contributed by atoms with Crippen molar-refractivity contribution in [2.75, 3.05) is 18.0 Å². The van der Waals surface area contributed by atoms with Gasteiger partial charge in [-0.1, -0.05) is 41.6 Å². The lowest BCUT2D eigenvalue weighted by molar-refractivity contribution is 0.0952. The minimum Gasteiger partial charge on any atom is -0.357 e. The van der Waals surface area contributed by atoms with Crippen molar-refractivity contribution in [3.05, 3.63) is 71.5 Å². The van der Waals surface area contributed by atoms with E-state index < -0.39 is 0 Å². The summed E-state index contributed by atoms with van der Waals surface area (Å²) in [7, 11) is 0. The molecule has 1 amide bonds. The Morgan fingerprint density at radius 1 is 1.13 bits per heavy atom. The van der Waals surface area contributed by atoms with Gasteiger partial charge in [-0.25, -0.2) is 9.97 Å². The molecule has 1 aliphatic rings. The van der Waals surface area contributed by atoms with Gasteiger partial charge < -0.3 is 14.7 Å². The van der Waals surface area contributed by atoms with Crippen molar-refractivity contribution in [2.45, 2.75) is 26.3 Å². The lowest BCUT2D eigenvalue weighted by Crippen LogP contribution is -2.24. The Kier molecular flexibility index (Phi) is 5.08. The number of rotatable bonds is 5. The molecule has 7 nitrogen and oxygen atoms in total. The van der Waals surface area contributed by atoms with E-state index in [0.717, 1.165) is 30.0 Å². The van der Waals surface area contributed by atoms with Crippen LogP contribution in [0.15, 0.2) is 59.3 Å². The fourth-order valence-electron chi connectivity index (χ4n) is 3.96. The van der Waals surface area contributed by atoms with Crippen LogP contribution in [0.1, 0.15) is 34.5 Å². The third-order valence-corrected chi connectivity index (χ3v) is 5.62. The second-order valence-electron chi connectivity index (χ2n) is 7.77. The summed E-state index contributed by atoms with van der Waals surface area (Å²) < 4.78 is 5.37. The van der Waals surface area contributed by atoms with E-state index in [2.05, 4.69) is 25.3 Å². The second-order valence-corrected chi connectivity index (χ2v) is 7.77. The van der Waals surface area contributed by atoms with Crippen LogP contribution in [0.4, 0.5) is 5.82 Å². The number of aromatic nitrogens is 3. The van der Waals surface area contributed by atoms with Crippen molar-refractivity contribution in [3.63, 3.8) is 0 Å². The Balaban J connectivity index is 1.38. The van der Waals surface area contributed by atoms with Gasteiger partial charge in [0.25, 0.3) is 11.6 Å². The number of carbonyl (C=O) groups excluding carboxylic acids is 1. The van der Waals surface area contributed by atoms with E-state index in [-0.39, 0.29) is 5.91 Å². The summed E-state index contributed by atoms with van der Waals surface area (Å²) >= 11 is 0. The molecule has 4 aromatic rings. The van der Waals surface area contributed by atoms with Crippen LogP contribution >= 0.6 is 0 Å². The quantitative estimate of drug-likeness (QED) is 0.530. The van der Waals surface area contributed by atoms with E-state index in [0.29, 0.717) is 34.6 Å². The fourth-order valence-corrected chi connectivity index (χ4v) is 3.96. The zero-order valence-corrected chi connectivity index (χ0v) is 17.3. The average molecular weight is 413 g/mol. The molecule has 31 heavy (non-hydrogen) atoms. The number of hydrogen-bond donors (Lipinski definition) is 1. The molecule has 1 fully saturated rings. The molecule has 1 N–H and O–H groups in total. The predicted octanol–water partition coefficient (Wildman–Crippen LogP) is 4.12. The topological polar surface area (TPSA) is 84.1 Å². The zero-order chi connectivity index (χ0) is 21.2. The third-order valence-electron chi connectivity index (χ3n) is 5.62. The maximum atomic E-state index is 13.1. The van der Waals surface area contributed by atoms with Crippen LogP contribution in [-0.2, 0) is 6.54 Å². The van der Waals surface area contributed by atoms with E-state index in [1.54, 1.807) is 6.07 Å². The van der Waals surface area contributed by atoms with Crippen LogP contribution < -0.4 is 10.2 Å². The van der Waals surface area contributed by atoms with Gasteiger partial charge in [-0.05, 0) is 37.5 Å². The molecule has 1 aliphatic heterocycles. The van der Waals surface area contributed by atoms with Gasteiger partial charge in [0.05, 0.1) is 22.3 Å². The molecule has 1 saturated heterocycles. The number of aryl methyl sites for hydroxylation is 1. The maximum absolute atomic E-state index is 13.1. The van der Waals surface area contributed by atoms with Crippen molar-refractivity contribution in [2.24, 2.45) is 0 Å². The highest BCUT2D eigenvalue weighted by atomic mass is 16.5. The van der Waals surface area contributed by atoms with E-state index >= 15 is 0 Å². The highest BCUT2D eigenvalue weighted by molar-refractivity contribution is 6.06. The normalized spacial score (nSPS) is 13.6. The summed E-state index contributed by atoms with van der Waals surface area (Å²) in [4.78, 5) is 24.5. The lowest BCUT2D eigenvalue weighted by Gasteiger charge is -2.16. The molecule has 5 rings (SSSR count). The van der Waals surface area contributed by atoms with E-state index in [4.69, 9.17) is 4.52 Å². The van der Waals surface area contributed by atoms with Crippen LogP contribution in [0.2, 0.25) is 0 Å². The summed E-state index contributed by atoms with van der Waals surface area (Å²) in [5.74, 6) is 0.801. The molecular weight excluding hydrogens is 390 g/mol. The van der Waals surface area contributed by atoms with Crippen LogP contribution in [0.25, 0.3) is 22.4 Å². The molecule has 0 spiro atoms. The molecule has 4 heterocycles. The summed E-state index contributed by atoms with van der Waals surface area (Å²) in [6.07, 6.45) is 4.26. The SMILES string of the molecule is Cc1noc2nc(-c3ccccc3)cc(C(=O)NCc3ccc(N4CCCC4)nc3)c12. The van der Waals surface area contributed by atoms with Crippen molar-refractivity contribution in [1.82, 2.24) is 20.4 Å². The summed E-state index contributed by atoms with van der Waals surface area (Å²) in [5.41, 5.74) is 4.04. The number of nitrogens with zero attached hydrogens (tertiary/aromatic N) is 4. The fraction of sp³-hybridized carbons (Fsp3) is 0.250. The van der Waals surface area contributed by atoms with Crippen molar-refractivity contribution >= 4 is 22.8 Å². The highest BCUT2D eigenvalue weighted by Crippen LogP contribution is 2.27. The number of anilines is 1. The van der Waals surface area contributed by atoms with E-state index in [1.165, 1.54) is 12.8 Å². The van der Waals surface area contributed by atoms with Crippen LogP contribution in [0.5, 0.6) is 0 Å². The molecule has 7 heteroatoms. The molecule has 3 aromatic heterocycles. The number of fused-ring (bicyclic) bond motifs is 1. The van der Waals surface area contributed by atoms with Gasteiger partial charge in [-0.3, -0.25) is 4.79 Å². The number of benzene rings is 1. The first-order valence-corrected chi connectivity index (χ1v) is 10.5. The first-order valence-electron chi connectivity index (χ1n) is 10.5. The number of amides is 1. The third kappa shape index (κ3) is 3.86. The van der Waals surface area contributed by atoms with Gasteiger partial charge in [0.15, 0.2) is 0 Å². The van der Waals surface area contributed by atoms with Crippen molar-refractivity contribution < 1.29 is 9.32 Å². The standard InChI is InChI=1S/C24H23N5O2/c1-16-22-19(13-20(27-24(22)31-28-16)18-7-3-2-4-8-18)23(30)26-15-17-9-10-21(25-14-17)29-11-5-6-12-29/h2-4,7-10,13-14H,5-6,11-12,15H2,1H3,(H,26,30).